The summed E-state index contributed by atoms with van der Waals surface area (Å²) in [6, 6.07) is 5.85. The molecule has 2 heterocycles. The number of benzene rings is 1. The predicted molar refractivity (Wildman–Crippen MR) is 113 cm³/mol. The van der Waals surface area contributed by atoms with Crippen LogP contribution in [0.25, 0.3) is 0 Å². The molecule has 2 aromatic rings. The summed E-state index contributed by atoms with van der Waals surface area (Å²) < 4.78 is 5.93. The van der Waals surface area contributed by atoms with Gasteiger partial charge in [0.05, 0.1) is 17.1 Å². The molecule has 1 N–H and O–H groups in total. The van der Waals surface area contributed by atoms with Gasteiger partial charge in [0.25, 0.3) is 11.6 Å². The van der Waals surface area contributed by atoms with Crippen LogP contribution in [-0.2, 0) is 17.6 Å². The van der Waals surface area contributed by atoms with Crippen LogP contribution in [0.5, 0.6) is 0 Å². The van der Waals surface area contributed by atoms with Crippen LogP contribution in [0.4, 0.5) is 5.69 Å². The second kappa shape index (κ2) is 8.71. The zero-order valence-corrected chi connectivity index (χ0v) is 17.3. The van der Waals surface area contributed by atoms with Crippen LogP contribution in [-0.4, -0.2) is 40.4 Å². The fourth-order valence-electron chi connectivity index (χ4n) is 4.14. The summed E-state index contributed by atoms with van der Waals surface area (Å²) in [6.07, 6.45) is 4.33. The maximum atomic E-state index is 12.8. The van der Waals surface area contributed by atoms with Crippen LogP contribution in [0, 0.1) is 17.0 Å². The molecule has 0 radical (unpaired) electrons. The van der Waals surface area contributed by atoms with Gasteiger partial charge in [0.15, 0.2) is 5.76 Å². The number of carbonyl (C=O) groups excluding carboxylic acids is 2. The fourth-order valence-corrected chi connectivity index (χ4v) is 4.14. The van der Waals surface area contributed by atoms with E-state index in [-0.39, 0.29) is 23.9 Å². The van der Waals surface area contributed by atoms with Crippen molar-refractivity contribution in [1.29, 1.82) is 0 Å². The molecule has 1 aliphatic carbocycles. The number of nitro groups is 1. The van der Waals surface area contributed by atoms with Gasteiger partial charge in [0, 0.05) is 42.8 Å². The summed E-state index contributed by atoms with van der Waals surface area (Å²) in [7, 11) is 0. The number of hydrogen-bond acceptors (Lipinski definition) is 6. The summed E-state index contributed by atoms with van der Waals surface area (Å²) in [6.45, 7) is 3.37. The number of aryl methyl sites for hydroxylation is 1. The molecule has 0 unspecified atom stereocenters. The van der Waals surface area contributed by atoms with Crippen LogP contribution in [0.1, 0.15) is 58.7 Å². The Balaban J connectivity index is 1.47. The number of furan rings is 1. The molecule has 0 bridgehead atoms. The van der Waals surface area contributed by atoms with Crippen molar-refractivity contribution >= 4 is 23.2 Å². The van der Waals surface area contributed by atoms with Gasteiger partial charge in [-0.2, -0.15) is 5.10 Å². The van der Waals surface area contributed by atoms with Crippen LogP contribution in [0.3, 0.4) is 0 Å². The SMILES string of the molecule is Cc1c(C(=O)N2CCCC2)oc2c1/C(=N/NC(=O)Cc1ccc([N+](=O)[O-])cc1)CCC2. The third-order valence-electron chi connectivity index (χ3n) is 5.74. The van der Waals surface area contributed by atoms with E-state index < -0.39 is 4.92 Å². The number of hydrazone groups is 1. The van der Waals surface area contributed by atoms with E-state index >= 15 is 0 Å². The van der Waals surface area contributed by atoms with Gasteiger partial charge in [-0.1, -0.05) is 12.1 Å². The van der Waals surface area contributed by atoms with Gasteiger partial charge in [0.1, 0.15) is 5.76 Å². The van der Waals surface area contributed by atoms with E-state index in [1.54, 1.807) is 12.1 Å². The quantitative estimate of drug-likeness (QED) is 0.584. The number of fused-ring (bicyclic) bond motifs is 1. The molecule has 1 fully saturated rings. The molecular weight excluding hydrogens is 400 g/mol. The zero-order chi connectivity index (χ0) is 22.0. The Morgan fingerprint density at radius 1 is 1.16 bits per heavy atom. The first-order valence-electron chi connectivity index (χ1n) is 10.4. The number of nitro benzene ring substituents is 1. The number of rotatable bonds is 5. The van der Waals surface area contributed by atoms with Gasteiger partial charge in [-0.25, -0.2) is 5.43 Å². The second-order valence-corrected chi connectivity index (χ2v) is 7.90. The van der Waals surface area contributed by atoms with Crippen LogP contribution in [0.15, 0.2) is 33.8 Å². The van der Waals surface area contributed by atoms with Crippen molar-refractivity contribution in [2.24, 2.45) is 5.10 Å². The molecule has 0 spiro atoms. The first kappa shape index (κ1) is 20.8. The monoisotopic (exact) mass is 424 g/mol. The largest absolute Gasteiger partial charge is 0.455 e. The number of carbonyl (C=O) groups is 2. The molecule has 1 aromatic carbocycles. The summed E-state index contributed by atoms with van der Waals surface area (Å²) in [5.74, 6) is 0.724. The van der Waals surface area contributed by atoms with Gasteiger partial charge in [-0.05, 0) is 38.2 Å². The molecule has 0 atom stereocenters. The number of nitrogens with zero attached hydrogens (tertiary/aromatic N) is 3. The van der Waals surface area contributed by atoms with E-state index in [1.165, 1.54) is 12.1 Å². The van der Waals surface area contributed by atoms with Crippen LogP contribution >= 0.6 is 0 Å². The Kier molecular flexibility index (Phi) is 5.83. The lowest BCUT2D eigenvalue weighted by Gasteiger charge is -2.14. The molecule has 1 aromatic heterocycles. The maximum Gasteiger partial charge on any atom is 0.289 e. The van der Waals surface area contributed by atoms with E-state index in [9.17, 15) is 19.7 Å². The minimum atomic E-state index is -0.480. The Labute approximate surface area is 179 Å². The van der Waals surface area contributed by atoms with Crippen molar-refractivity contribution in [3.05, 3.63) is 62.6 Å². The Morgan fingerprint density at radius 3 is 2.55 bits per heavy atom. The van der Waals surface area contributed by atoms with Gasteiger partial charge in [-0.15, -0.1) is 0 Å². The second-order valence-electron chi connectivity index (χ2n) is 7.90. The number of non-ortho nitro benzene ring substituents is 1. The highest BCUT2D eigenvalue weighted by Gasteiger charge is 2.31. The normalized spacial score (nSPS) is 16.9. The smallest absolute Gasteiger partial charge is 0.289 e. The van der Waals surface area contributed by atoms with E-state index in [2.05, 4.69) is 10.5 Å². The number of amides is 2. The topological polar surface area (TPSA) is 118 Å². The highest BCUT2D eigenvalue weighted by Crippen LogP contribution is 2.31. The lowest BCUT2D eigenvalue weighted by molar-refractivity contribution is -0.384. The lowest BCUT2D eigenvalue weighted by Crippen LogP contribution is -2.27. The molecule has 162 valence electrons. The van der Waals surface area contributed by atoms with Crippen molar-refractivity contribution in [1.82, 2.24) is 10.3 Å². The first-order valence-corrected chi connectivity index (χ1v) is 10.4. The fraction of sp³-hybridized carbons (Fsp3) is 0.409. The van der Waals surface area contributed by atoms with Gasteiger partial charge in [0.2, 0.25) is 5.91 Å². The van der Waals surface area contributed by atoms with Gasteiger partial charge >= 0.3 is 0 Å². The first-order chi connectivity index (χ1) is 14.9. The van der Waals surface area contributed by atoms with Gasteiger partial charge < -0.3 is 9.32 Å². The Hall–Kier alpha value is -3.49. The van der Waals surface area contributed by atoms with E-state index in [0.717, 1.165) is 55.7 Å². The van der Waals surface area contributed by atoms with E-state index in [1.807, 2.05) is 11.8 Å². The highest BCUT2D eigenvalue weighted by atomic mass is 16.6. The molecule has 31 heavy (non-hydrogen) atoms. The molecule has 1 aliphatic heterocycles. The average molecular weight is 424 g/mol. The van der Waals surface area contributed by atoms with Crippen molar-refractivity contribution in [2.45, 2.75) is 45.4 Å². The number of likely N-dealkylation sites (tertiary alicyclic amines) is 1. The van der Waals surface area contributed by atoms with Gasteiger partial charge in [-0.3, -0.25) is 19.7 Å². The molecule has 2 aliphatic rings. The number of nitrogens with one attached hydrogen (secondary N) is 1. The van der Waals surface area contributed by atoms with Crippen molar-refractivity contribution in [3.63, 3.8) is 0 Å². The van der Waals surface area contributed by atoms with Crippen molar-refractivity contribution in [3.8, 4) is 0 Å². The highest BCUT2D eigenvalue weighted by molar-refractivity contribution is 6.06. The minimum absolute atomic E-state index is 0.0196. The minimum Gasteiger partial charge on any atom is -0.455 e. The Morgan fingerprint density at radius 2 is 1.87 bits per heavy atom. The maximum absolute atomic E-state index is 12.8. The third kappa shape index (κ3) is 4.35. The average Bonchev–Trinajstić information content (AvgIpc) is 3.41. The van der Waals surface area contributed by atoms with E-state index in [4.69, 9.17) is 4.42 Å². The van der Waals surface area contributed by atoms with Crippen LogP contribution < -0.4 is 5.43 Å². The molecular formula is C22H24N4O5. The number of hydrogen-bond donors (Lipinski definition) is 1. The molecule has 0 saturated carbocycles. The summed E-state index contributed by atoms with van der Waals surface area (Å²) in [5.41, 5.74) is 5.52. The zero-order valence-electron chi connectivity index (χ0n) is 17.3. The van der Waals surface area contributed by atoms with Crippen LogP contribution in [0.2, 0.25) is 0 Å². The molecule has 9 nitrogen and oxygen atoms in total. The Bertz CT molecular complexity index is 1050. The van der Waals surface area contributed by atoms with Crippen molar-refractivity contribution in [2.75, 3.05) is 13.1 Å². The predicted octanol–water partition coefficient (Wildman–Crippen LogP) is 3.13. The molecule has 1 saturated heterocycles. The summed E-state index contributed by atoms with van der Waals surface area (Å²) in [4.78, 5) is 37.2. The molecule has 9 heteroatoms. The van der Waals surface area contributed by atoms with Crippen molar-refractivity contribution < 1.29 is 18.9 Å². The standard InChI is InChI=1S/C22H24N4O5/c1-14-20-17(23-24-19(27)13-15-7-9-16(10-8-15)26(29)30)5-4-6-18(20)31-21(14)22(28)25-11-2-3-12-25/h7-10H,2-6,11-13H2,1H3,(H,24,27)/b23-17+. The summed E-state index contributed by atoms with van der Waals surface area (Å²) >= 11 is 0. The van der Waals surface area contributed by atoms with E-state index in [0.29, 0.717) is 23.5 Å². The molecule has 4 rings (SSSR count). The lowest BCUT2D eigenvalue weighted by atomic mass is 9.93. The molecule has 2 amide bonds. The third-order valence-corrected chi connectivity index (χ3v) is 5.74. The summed E-state index contributed by atoms with van der Waals surface area (Å²) in [5, 5.41) is 15.1.